The molecule has 0 aliphatic rings. The van der Waals surface area contributed by atoms with E-state index in [1.165, 1.54) is 19.3 Å². The van der Waals surface area contributed by atoms with Crippen molar-refractivity contribution in [2.75, 3.05) is 13.7 Å². The van der Waals surface area contributed by atoms with E-state index in [2.05, 4.69) is 12.2 Å². The van der Waals surface area contributed by atoms with Crippen LogP contribution in [0.1, 0.15) is 31.7 Å². The first kappa shape index (κ1) is 13.3. The second kappa shape index (κ2) is 7.53. The summed E-state index contributed by atoms with van der Waals surface area (Å²) in [5.41, 5.74) is 1.12. The van der Waals surface area contributed by atoms with Gasteiger partial charge in [0.15, 0.2) is 0 Å². The number of benzene rings is 1. The van der Waals surface area contributed by atoms with Gasteiger partial charge in [-0.25, -0.2) is 0 Å². The largest absolute Gasteiger partial charge is 0.496 e. The van der Waals surface area contributed by atoms with Gasteiger partial charge in [0, 0.05) is 17.1 Å². The van der Waals surface area contributed by atoms with Crippen LogP contribution in [-0.2, 0) is 6.54 Å². The van der Waals surface area contributed by atoms with Gasteiger partial charge in [-0.05, 0) is 31.2 Å². The van der Waals surface area contributed by atoms with Gasteiger partial charge in [0.25, 0.3) is 0 Å². The molecule has 0 aliphatic carbocycles. The molecule has 90 valence electrons. The number of halogens is 1. The Morgan fingerprint density at radius 1 is 1.31 bits per heavy atom. The molecule has 0 heterocycles. The second-order valence-corrected chi connectivity index (χ2v) is 4.28. The van der Waals surface area contributed by atoms with E-state index in [1.807, 2.05) is 18.2 Å². The lowest BCUT2D eigenvalue weighted by molar-refractivity contribution is 0.407. The van der Waals surface area contributed by atoms with Crippen LogP contribution in [0, 0.1) is 0 Å². The molecule has 16 heavy (non-hydrogen) atoms. The minimum absolute atomic E-state index is 0.756. The van der Waals surface area contributed by atoms with E-state index in [0.717, 1.165) is 29.4 Å². The van der Waals surface area contributed by atoms with E-state index in [0.29, 0.717) is 0 Å². The van der Waals surface area contributed by atoms with Crippen LogP contribution < -0.4 is 10.1 Å². The highest BCUT2D eigenvalue weighted by Crippen LogP contribution is 2.22. The summed E-state index contributed by atoms with van der Waals surface area (Å²) in [5.74, 6) is 0.896. The molecule has 2 nitrogen and oxygen atoms in total. The van der Waals surface area contributed by atoms with Crippen molar-refractivity contribution in [3.8, 4) is 5.75 Å². The van der Waals surface area contributed by atoms with E-state index in [-0.39, 0.29) is 0 Å². The van der Waals surface area contributed by atoms with E-state index in [1.54, 1.807) is 7.11 Å². The Bertz CT molecular complexity index is 315. The van der Waals surface area contributed by atoms with E-state index in [4.69, 9.17) is 16.3 Å². The molecule has 0 bridgehead atoms. The molecule has 0 radical (unpaired) electrons. The molecular formula is C13H20ClNO. The molecule has 0 unspecified atom stereocenters. The van der Waals surface area contributed by atoms with Crippen LogP contribution in [0.5, 0.6) is 5.75 Å². The molecule has 0 amide bonds. The third-order valence-corrected chi connectivity index (χ3v) is 2.75. The van der Waals surface area contributed by atoms with Gasteiger partial charge in [-0.15, -0.1) is 0 Å². The first-order valence-electron chi connectivity index (χ1n) is 5.81. The summed E-state index contributed by atoms with van der Waals surface area (Å²) in [4.78, 5) is 0. The molecule has 1 N–H and O–H groups in total. The molecular weight excluding hydrogens is 222 g/mol. The Hall–Kier alpha value is -0.730. The van der Waals surface area contributed by atoms with Gasteiger partial charge in [0.1, 0.15) is 5.75 Å². The topological polar surface area (TPSA) is 21.3 Å². The van der Waals surface area contributed by atoms with Gasteiger partial charge in [-0.1, -0.05) is 31.4 Å². The highest BCUT2D eigenvalue weighted by atomic mass is 35.5. The zero-order valence-corrected chi connectivity index (χ0v) is 10.8. The Morgan fingerprint density at radius 2 is 2.12 bits per heavy atom. The average Bonchev–Trinajstić information content (AvgIpc) is 2.29. The van der Waals surface area contributed by atoms with Crippen LogP contribution >= 0.6 is 11.6 Å². The van der Waals surface area contributed by atoms with Gasteiger partial charge >= 0.3 is 0 Å². The molecule has 0 spiro atoms. The number of unbranched alkanes of at least 4 members (excludes halogenated alkanes) is 2. The summed E-state index contributed by atoms with van der Waals surface area (Å²) in [7, 11) is 1.68. The molecule has 1 aromatic carbocycles. The Kier molecular flexibility index (Phi) is 6.27. The number of hydrogen-bond acceptors (Lipinski definition) is 2. The zero-order chi connectivity index (χ0) is 11.8. The normalized spacial score (nSPS) is 10.4. The summed E-state index contributed by atoms with van der Waals surface area (Å²) in [6.07, 6.45) is 3.75. The van der Waals surface area contributed by atoms with Crippen LogP contribution in [0.25, 0.3) is 0 Å². The van der Waals surface area contributed by atoms with Crippen LogP contribution in [0.2, 0.25) is 5.02 Å². The Labute approximate surface area is 103 Å². The van der Waals surface area contributed by atoms with E-state index >= 15 is 0 Å². The highest BCUT2D eigenvalue weighted by Gasteiger charge is 2.02. The van der Waals surface area contributed by atoms with E-state index < -0.39 is 0 Å². The molecule has 0 aliphatic heterocycles. The molecule has 0 saturated heterocycles. The maximum absolute atomic E-state index is 5.95. The molecule has 0 aromatic heterocycles. The minimum Gasteiger partial charge on any atom is -0.496 e. The van der Waals surface area contributed by atoms with Crippen molar-refractivity contribution in [2.24, 2.45) is 0 Å². The molecule has 1 rings (SSSR count). The molecule has 3 heteroatoms. The minimum atomic E-state index is 0.756. The standard InChI is InChI=1S/C13H20ClNO/c1-3-4-5-8-15-10-11-9-12(14)6-7-13(11)16-2/h6-7,9,15H,3-5,8,10H2,1-2H3. The number of rotatable bonds is 7. The fourth-order valence-corrected chi connectivity index (χ4v) is 1.80. The van der Waals surface area contributed by atoms with Crippen LogP contribution in [-0.4, -0.2) is 13.7 Å². The predicted molar refractivity (Wildman–Crippen MR) is 69.2 cm³/mol. The highest BCUT2D eigenvalue weighted by molar-refractivity contribution is 6.30. The molecule has 0 atom stereocenters. The quantitative estimate of drug-likeness (QED) is 0.736. The van der Waals surface area contributed by atoms with E-state index in [9.17, 15) is 0 Å². The zero-order valence-electron chi connectivity index (χ0n) is 10.1. The van der Waals surface area contributed by atoms with Crippen molar-refractivity contribution < 1.29 is 4.74 Å². The maximum Gasteiger partial charge on any atom is 0.123 e. The number of methoxy groups -OCH3 is 1. The van der Waals surface area contributed by atoms with Crippen molar-refractivity contribution in [2.45, 2.75) is 32.7 Å². The Morgan fingerprint density at radius 3 is 2.81 bits per heavy atom. The second-order valence-electron chi connectivity index (χ2n) is 3.84. The SMILES string of the molecule is CCCCCNCc1cc(Cl)ccc1OC. The average molecular weight is 242 g/mol. The summed E-state index contributed by atoms with van der Waals surface area (Å²) < 4.78 is 5.28. The number of nitrogens with one attached hydrogen (secondary N) is 1. The smallest absolute Gasteiger partial charge is 0.123 e. The lowest BCUT2D eigenvalue weighted by Gasteiger charge is -2.09. The summed E-state index contributed by atoms with van der Waals surface area (Å²) in [6.45, 7) is 4.07. The third-order valence-electron chi connectivity index (χ3n) is 2.52. The number of ether oxygens (including phenoxy) is 1. The lowest BCUT2D eigenvalue weighted by atomic mass is 10.2. The monoisotopic (exact) mass is 241 g/mol. The molecule has 1 aromatic rings. The van der Waals surface area contributed by atoms with Gasteiger partial charge in [-0.3, -0.25) is 0 Å². The third kappa shape index (κ3) is 4.42. The van der Waals surface area contributed by atoms with Gasteiger partial charge in [0.2, 0.25) is 0 Å². The van der Waals surface area contributed by atoms with Crippen molar-refractivity contribution in [1.29, 1.82) is 0 Å². The van der Waals surface area contributed by atoms with Crippen molar-refractivity contribution in [3.05, 3.63) is 28.8 Å². The molecule has 0 saturated carbocycles. The lowest BCUT2D eigenvalue weighted by Crippen LogP contribution is -2.15. The van der Waals surface area contributed by atoms with Crippen LogP contribution in [0.4, 0.5) is 0 Å². The molecule has 0 fully saturated rings. The van der Waals surface area contributed by atoms with Gasteiger partial charge < -0.3 is 10.1 Å². The summed E-state index contributed by atoms with van der Waals surface area (Å²) >= 11 is 5.95. The van der Waals surface area contributed by atoms with Crippen LogP contribution in [0.3, 0.4) is 0 Å². The van der Waals surface area contributed by atoms with Gasteiger partial charge in [-0.2, -0.15) is 0 Å². The maximum atomic E-state index is 5.95. The van der Waals surface area contributed by atoms with Crippen LogP contribution in [0.15, 0.2) is 18.2 Å². The van der Waals surface area contributed by atoms with Crippen molar-refractivity contribution in [1.82, 2.24) is 5.32 Å². The summed E-state index contributed by atoms with van der Waals surface area (Å²) in [5, 5.41) is 4.16. The fraction of sp³-hybridized carbons (Fsp3) is 0.538. The van der Waals surface area contributed by atoms with Gasteiger partial charge in [0.05, 0.1) is 7.11 Å². The van der Waals surface area contributed by atoms with Crippen molar-refractivity contribution in [3.63, 3.8) is 0 Å². The Balaban J connectivity index is 2.42. The first-order valence-corrected chi connectivity index (χ1v) is 6.19. The number of hydrogen-bond donors (Lipinski definition) is 1. The summed E-state index contributed by atoms with van der Waals surface area (Å²) in [6, 6.07) is 5.71. The first-order chi connectivity index (χ1) is 7.77. The van der Waals surface area contributed by atoms with Crippen molar-refractivity contribution >= 4 is 11.6 Å². The predicted octanol–water partition coefficient (Wildman–Crippen LogP) is 3.63. The fourth-order valence-electron chi connectivity index (χ4n) is 1.61.